The number of unbranched alkanes of at least 4 members (excludes halogenated alkanes) is 3. The molecule has 2 fully saturated rings. The molecule has 0 aliphatic heterocycles. The van der Waals surface area contributed by atoms with E-state index in [1.165, 1.54) is 77.0 Å². The fourth-order valence-electron chi connectivity index (χ4n) is 4.12. The van der Waals surface area contributed by atoms with Gasteiger partial charge in [-0.2, -0.15) is 0 Å². The molecule has 1 heteroatoms. The fraction of sp³-hybridized carbons (Fsp3) is 1.00. The Balaban J connectivity index is 1.66. The van der Waals surface area contributed by atoms with Crippen LogP contribution in [0.25, 0.3) is 0 Å². The predicted octanol–water partition coefficient (Wildman–Crippen LogP) is 5.05. The maximum absolute atomic E-state index is 3.95. The lowest BCUT2D eigenvalue weighted by atomic mass is 9.57. The van der Waals surface area contributed by atoms with E-state index in [0.29, 0.717) is 0 Å². The van der Waals surface area contributed by atoms with Crippen molar-refractivity contribution in [1.82, 2.24) is 5.32 Å². The van der Waals surface area contributed by atoms with Gasteiger partial charge >= 0.3 is 0 Å². The van der Waals surface area contributed by atoms with Crippen molar-refractivity contribution in [2.75, 3.05) is 0 Å². The minimum atomic E-state index is 0.732. The smallest absolute Gasteiger partial charge is 0.0126 e. The van der Waals surface area contributed by atoms with Crippen LogP contribution in [0.4, 0.5) is 0 Å². The van der Waals surface area contributed by atoms with Gasteiger partial charge in [0.15, 0.2) is 0 Å². The second-order valence-corrected chi connectivity index (χ2v) is 6.93. The van der Waals surface area contributed by atoms with Crippen molar-refractivity contribution in [2.24, 2.45) is 5.41 Å². The van der Waals surface area contributed by atoms with Crippen molar-refractivity contribution in [3.63, 3.8) is 0 Å². The summed E-state index contributed by atoms with van der Waals surface area (Å²) in [6, 6.07) is 1.60. The Morgan fingerprint density at radius 3 is 2.44 bits per heavy atom. The average Bonchev–Trinajstić information content (AvgIpc) is 2.41. The molecule has 0 aromatic carbocycles. The molecule has 0 bridgehead atoms. The monoisotopic (exact) mass is 251 g/mol. The first-order valence-corrected chi connectivity index (χ1v) is 8.53. The summed E-state index contributed by atoms with van der Waals surface area (Å²) < 4.78 is 0. The van der Waals surface area contributed by atoms with Crippen molar-refractivity contribution in [3.05, 3.63) is 0 Å². The third kappa shape index (κ3) is 3.50. The lowest BCUT2D eigenvalue weighted by Gasteiger charge is -2.53. The van der Waals surface area contributed by atoms with Crippen LogP contribution in [0.2, 0.25) is 0 Å². The molecule has 0 saturated heterocycles. The van der Waals surface area contributed by atoms with Crippen molar-refractivity contribution in [2.45, 2.75) is 103 Å². The number of hydrogen-bond donors (Lipinski definition) is 1. The Hall–Kier alpha value is -0.0400. The van der Waals surface area contributed by atoms with Crippen molar-refractivity contribution >= 4 is 0 Å². The minimum Gasteiger partial charge on any atom is -0.311 e. The molecule has 106 valence electrons. The molecule has 2 saturated carbocycles. The normalized spacial score (nSPS) is 28.0. The topological polar surface area (TPSA) is 12.0 Å². The highest BCUT2D eigenvalue weighted by Crippen LogP contribution is 2.51. The Kier molecular flexibility index (Phi) is 5.54. The summed E-state index contributed by atoms with van der Waals surface area (Å²) >= 11 is 0. The molecule has 2 aliphatic rings. The largest absolute Gasteiger partial charge is 0.311 e. The predicted molar refractivity (Wildman–Crippen MR) is 79.9 cm³/mol. The molecular weight excluding hydrogens is 218 g/mol. The van der Waals surface area contributed by atoms with E-state index in [0.717, 1.165) is 17.5 Å². The number of rotatable bonds is 7. The molecule has 0 heterocycles. The zero-order valence-corrected chi connectivity index (χ0v) is 12.6. The summed E-state index contributed by atoms with van der Waals surface area (Å²) in [4.78, 5) is 0. The van der Waals surface area contributed by atoms with Crippen LogP contribution < -0.4 is 5.32 Å². The Bertz CT molecular complexity index is 230. The zero-order valence-electron chi connectivity index (χ0n) is 12.6. The molecule has 0 aromatic rings. The van der Waals surface area contributed by atoms with Crippen LogP contribution in [0.3, 0.4) is 0 Å². The lowest BCUT2D eigenvalue weighted by Crippen LogP contribution is -2.56. The van der Waals surface area contributed by atoms with E-state index in [2.05, 4.69) is 19.2 Å². The SMILES string of the molecule is CCCCCCC(C)NC1CCC12CCCCC2. The van der Waals surface area contributed by atoms with E-state index in [1.54, 1.807) is 0 Å². The number of hydrogen-bond acceptors (Lipinski definition) is 1. The van der Waals surface area contributed by atoms with Crippen molar-refractivity contribution in [3.8, 4) is 0 Å². The third-order valence-electron chi connectivity index (χ3n) is 5.50. The molecule has 2 atom stereocenters. The number of nitrogens with one attached hydrogen (secondary N) is 1. The summed E-state index contributed by atoms with van der Waals surface area (Å²) in [5, 5.41) is 3.95. The van der Waals surface area contributed by atoms with Crippen LogP contribution in [-0.4, -0.2) is 12.1 Å². The van der Waals surface area contributed by atoms with Gasteiger partial charge in [0.2, 0.25) is 0 Å². The van der Waals surface area contributed by atoms with Gasteiger partial charge in [0.25, 0.3) is 0 Å². The summed E-state index contributed by atoms with van der Waals surface area (Å²) in [5.41, 5.74) is 0.732. The van der Waals surface area contributed by atoms with Gasteiger partial charge in [-0.15, -0.1) is 0 Å². The zero-order chi connectivity index (χ0) is 12.8. The van der Waals surface area contributed by atoms with Crippen LogP contribution >= 0.6 is 0 Å². The van der Waals surface area contributed by atoms with Gasteiger partial charge in [0, 0.05) is 12.1 Å². The molecule has 1 spiro atoms. The molecule has 0 aromatic heterocycles. The maximum atomic E-state index is 3.95. The molecule has 0 amide bonds. The Morgan fingerprint density at radius 1 is 1.06 bits per heavy atom. The van der Waals surface area contributed by atoms with Gasteiger partial charge in [0.05, 0.1) is 0 Å². The molecule has 1 N–H and O–H groups in total. The summed E-state index contributed by atoms with van der Waals surface area (Å²) in [6.07, 6.45) is 17.4. The fourth-order valence-corrected chi connectivity index (χ4v) is 4.12. The van der Waals surface area contributed by atoms with E-state index < -0.39 is 0 Å². The van der Waals surface area contributed by atoms with Crippen LogP contribution in [0.15, 0.2) is 0 Å². The van der Waals surface area contributed by atoms with Gasteiger partial charge in [-0.25, -0.2) is 0 Å². The molecule has 2 rings (SSSR count). The van der Waals surface area contributed by atoms with Crippen LogP contribution in [-0.2, 0) is 0 Å². The van der Waals surface area contributed by atoms with Gasteiger partial charge in [-0.05, 0) is 44.4 Å². The second-order valence-electron chi connectivity index (χ2n) is 6.93. The Labute approximate surface area is 114 Å². The highest BCUT2D eigenvalue weighted by Gasteiger charge is 2.46. The maximum Gasteiger partial charge on any atom is 0.0126 e. The van der Waals surface area contributed by atoms with Crippen LogP contribution in [0.5, 0.6) is 0 Å². The highest BCUT2D eigenvalue weighted by molar-refractivity contribution is 5.02. The van der Waals surface area contributed by atoms with E-state index in [9.17, 15) is 0 Å². The lowest BCUT2D eigenvalue weighted by molar-refractivity contribution is 0.0169. The van der Waals surface area contributed by atoms with E-state index in [1.807, 2.05) is 0 Å². The van der Waals surface area contributed by atoms with Crippen LogP contribution in [0, 0.1) is 5.41 Å². The van der Waals surface area contributed by atoms with E-state index >= 15 is 0 Å². The van der Waals surface area contributed by atoms with Crippen molar-refractivity contribution in [1.29, 1.82) is 0 Å². The quantitative estimate of drug-likeness (QED) is 0.624. The Morgan fingerprint density at radius 2 is 1.83 bits per heavy atom. The van der Waals surface area contributed by atoms with Gasteiger partial charge in [-0.3, -0.25) is 0 Å². The first kappa shape index (κ1) is 14.4. The molecule has 2 aliphatic carbocycles. The van der Waals surface area contributed by atoms with Gasteiger partial charge in [-0.1, -0.05) is 51.9 Å². The van der Waals surface area contributed by atoms with E-state index in [-0.39, 0.29) is 0 Å². The second kappa shape index (κ2) is 6.93. The van der Waals surface area contributed by atoms with Gasteiger partial charge < -0.3 is 5.32 Å². The third-order valence-corrected chi connectivity index (χ3v) is 5.50. The molecule has 2 unspecified atom stereocenters. The van der Waals surface area contributed by atoms with Gasteiger partial charge in [0.1, 0.15) is 0 Å². The molecule has 0 radical (unpaired) electrons. The first-order chi connectivity index (χ1) is 8.77. The molecule has 18 heavy (non-hydrogen) atoms. The minimum absolute atomic E-state index is 0.732. The summed E-state index contributed by atoms with van der Waals surface area (Å²) in [6.45, 7) is 4.70. The standard InChI is InChI=1S/C17H33N/c1-3-4-5-7-10-15(2)18-16-11-14-17(16)12-8-6-9-13-17/h15-16,18H,3-14H2,1-2H3. The van der Waals surface area contributed by atoms with Crippen molar-refractivity contribution < 1.29 is 0 Å². The van der Waals surface area contributed by atoms with E-state index in [4.69, 9.17) is 0 Å². The van der Waals surface area contributed by atoms with Crippen LogP contribution in [0.1, 0.15) is 90.9 Å². The summed E-state index contributed by atoms with van der Waals surface area (Å²) in [5.74, 6) is 0. The average molecular weight is 251 g/mol. The highest BCUT2D eigenvalue weighted by atomic mass is 15.0. The first-order valence-electron chi connectivity index (χ1n) is 8.53. The molecule has 1 nitrogen and oxygen atoms in total. The molecular formula is C17H33N. The summed E-state index contributed by atoms with van der Waals surface area (Å²) in [7, 11) is 0.